The van der Waals surface area contributed by atoms with Gasteiger partial charge >= 0.3 is 5.97 Å². The van der Waals surface area contributed by atoms with Crippen molar-refractivity contribution in [2.75, 3.05) is 6.61 Å². The number of Topliss-reactive ketones (excluding diaryl/α,β-unsaturated/α-hetero) is 2. The lowest BCUT2D eigenvalue weighted by molar-refractivity contribution is -0.148. The van der Waals surface area contributed by atoms with Gasteiger partial charge < -0.3 is 4.74 Å². The van der Waals surface area contributed by atoms with E-state index in [4.69, 9.17) is 11.2 Å². The fourth-order valence-corrected chi connectivity index (χ4v) is 1.57. The molecule has 0 saturated heterocycles. The van der Waals surface area contributed by atoms with Crippen molar-refractivity contribution < 1.29 is 19.1 Å². The van der Waals surface area contributed by atoms with E-state index in [0.717, 1.165) is 0 Å². The van der Waals surface area contributed by atoms with Crippen molar-refractivity contribution in [3.05, 3.63) is 0 Å². The topological polar surface area (TPSA) is 60.4 Å². The summed E-state index contributed by atoms with van der Waals surface area (Å²) in [5, 5.41) is 0. The quantitative estimate of drug-likeness (QED) is 0.382. The van der Waals surface area contributed by atoms with Crippen LogP contribution in [-0.4, -0.2) is 24.1 Å². The first kappa shape index (κ1) is 15.4. The zero-order valence-electron chi connectivity index (χ0n) is 10.5. The van der Waals surface area contributed by atoms with E-state index >= 15 is 0 Å². The number of ether oxygens (including phenoxy) is 1. The molecule has 0 aromatic heterocycles. The number of terminal acetylenes is 1. The standard InChI is InChI=1S/C13H18O4/c1-5-7-11(13(16)17-6-2)8-12(9(3)14)10(4)15/h1,11-12H,6-8H2,2-4H3. The van der Waals surface area contributed by atoms with Gasteiger partial charge in [0.2, 0.25) is 0 Å². The van der Waals surface area contributed by atoms with Gasteiger partial charge in [0.25, 0.3) is 0 Å². The van der Waals surface area contributed by atoms with Gasteiger partial charge in [-0.25, -0.2) is 0 Å². The van der Waals surface area contributed by atoms with Gasteiger partial charge in [0.05, 0.1) is 18.4 Å². The summed E-state index contributed by atoms with van der Waals surface area (Å²) in [5.41, 5.74) is 0. The molecule has 0 aromatic rings. The molecule has 0 radical (unpaired) electrons. The largest absolute Gasteiger partial charge is 0.466 e. The van der Waals surface area contributed by atoms with Gasteiger partial charge in [-0.3, -0.25) is 14.4 Å². The predicted molar refractivity (Wildman–Crippen MR) is 63.0 cm³/mol. The zero-order chi connectivity index (χ0) is 13.4. The van der Waals surface area contributed by atoms with E-state index in [1.807, 2.05) is 0 Å². The average molecular weight is 238 g/mol. The van der Waals surface area contributed by atoms with Crippen LogP contribution in [0.3, 0.4) is 0 Å². The third kappa shape index (κ3) is 5.30. The van der Waals surface area contributed by atoms with Crippen molar-refractivity contribution in [2.45, 2.75) is 33.6 Å². The van der Waals surface area contributed by atoms with Gasteiger partial charge in [-0.15, -0.1) is 12.3 Å². The monoisotopic (exact) mass is 238 g/mol. The Morgan fingerprint density at radius 2 is 1.76 bits per heavy atom. The normalized spacial score (nSPS) is 11.7. The molecule has 17 heavy (non-hydrogen) atoms. The number of carbonyl (C=O) groups excluding carboxylic acids is 3. The lowest BCUT2D eigenvalue weighted by atomic mass is 9.87. The summed E-state index contributed by atoms with van der Waals surface area (Å²) < 4.78 is 4.86. The van der Waals surface area contributed by atoms with E-state index in [-0.39, 0.29) is 31.0 Å². The maximum atomic E-state index is 11.6. The molecule has 4 nitrogen and oxygen atoms in total. The van der Waals surface area contributed by atoms with Crippen molar-refractivity contribution in [3.63, 3.8) is 0 Å². The summed E-state index contributed by atoms with van der Waals surface area (Å²) in [6.07, 6.45) is 5.47. The van der Waals surface area contributed by atoms with Crippen LogP contribution in [0.15, 0.2) is 0 Å². The molecule has 0 aliphatic carbocycles. The molecule has 4 heteroatoms. The molecule has 0 aliphatic rings. The first-order chi connectivity index (χ1) is 7.93. The smallest absolute Gasteiger partial charge is 0.309 e. The molecule has 0 bridgehead atoms. The van der Waals surface area contributed by atoms with Crippen LogP contribution < -0.4 is 0 Å². The maximum Gasteiger partial charge on any atom is 0.309 e. The maximum absolute atomic E-state index is 11.6. The van der Waals surface area contributed by atoms with E-state index in [0.29, 0.717) is 0 Å². The minimum atomic E-state index is -0.766. The summed E-state index contributed by atoms with van der Waals surface area (Å²) in [7, 11) is 0. The number of rotatable bonds is 7. The molecule has 1 unspecified atom stereocenters. The van der Waals surface area contributed by atoms with Crippen LogP contribution in [0.5, 0.6) is 0 Å². The SMILES string of the molecule is C#CCC(CC(C(C)=O)C(C)=O)C(=O)OCC. The first-order valence-corrected chi connectivity index (χ1v) is 5.55. The number of esters is 1. The highest BCUT2D eigenvalue weighted by atomic mass is 16.5. The van der Waals surface area contributed by atoms with Gasteiger partial charge in [0, 0.05) is 6.42 Å². The van der Waals surface area contributed by atoms with Crippen LogP contribution in [-0.2, 0) is 19.1 Å². The van der Waals surface area contributed by atoms with Crippen LogP contribution >= 0.6 is 0 Å². The molecule has 0 saturated carbocycles. The fraction of sp³-hybridized carbons (Fsp3) is 0.615. The Morgan fingerprint density at radius 3 is 2.12 bits per heavy atom. The third-order valence-corrected chi connectivity index (χ3v) is 2.49. The van der Waals surface area contributed by atoms with Crippen LogP contribution in [0.4, 0.5) is 0 Å². The van der Waals surface area contributed by atoms with E-state index in [2.05, 4.69) is 5.92 Å². The minimum Gasteiger partial charge on any atom is -0.466 e. The molecule has 0 aliphatic heterocycles. The molecule has 1 atom stereocenters. The summed E-state index contributed by atoms with van der Waals surface area (Å²) in [6, 6.07) is 0. The van der Waals surface area contributed by atoms with Crippen molar-refractivity contribution in [1.82, 2.24) is 0 Å². The van der Waals surface area contributed by atoms with Crippen LogP contribution in [0, 0.1) is 24.2 Å². The second-order valence-electron chi connectivity index (χ2n) is 3.87. The molecule has 0 fully saturated rings. The zero-order valence-corrected chi connectivity index (χ0v) is 10.5. The highest BCUT2D eigenvalue weighted by Crippen LogP contribution is 2.19. The van der Waals surface area contributed by atoms with E-state index in [1.165, 1.54) is 13.8 Å². The van der Waals surface area contributed by atoms with Crippen molar-refractivity contribution >= 4 is 17.5 Å². The van der Waals surface area contributed by atoms with E-state index < -0.39 is 17.8 Å². The summed E-state index contributed by atoms with van der Waals surface area (Å²) >= 11 is 0. The number of hydrogen-bond acceptors (Lipinski definition) is 4. The van der Waals surface area contributed by atoms with Crippen molar-refractivity contribution in [1.29, 1.82) is 0 Å². The van der Waals surface area contributed by atoms with E-state index in [9.17, 15) is 14.4 Å². The molecule has 0 amide bonds. The number of carbonyl (C=O) groups is 3. The van der Waals surface area contributed by atoms with Gasteiger partial charge in [0.1, 0.15) is 11.6 Å². The third-order valence-electron chi connectivity index (χ3n) is 2.49. The molecule has 0 heterocycles. The Labute approximate surface area is 102 Å². The summed E-state index contributed by atoms with van der Waals surface area (Å²) in [5.74, 6) is 0.0762. The molecule has 0 N–H and O–H groups in total. The predicted octanol–water partition coefficient (Wildman–Crippen LogP) is 1.37. The number of hydrogen-bond donors (Lipinski definition) is 0. The highest BCUT2D eigenvalue weighted by molar-refractivity contribution is 6.00. The molecular formula is C13H18O4. The summed E-state index contributed by atoms with van der Waals surface area (Å²) in [6.45, 7) is 4.62. The Bertz CT molecular complexity index is 324. The van der Waals surface area contributed by atoms with Gasteiger partial charge in [-0.2, -0.15) is 0 Å². The van der Waals surface area contributed by atoms with Crippen LogP contribution in [0.1, 0.15) is 33.6 Å². The Balaban J connectivity index is 4.73. The Kier molecular flexibility index (Phi) is 6.88. The van der Waals surface area contributed by atoms with Gasteiger partial charge in [0.15, 0.2) is 0 Å². The second kappa shape index (κ2) is 7.61. The Morgan fingerprint density at radius 1 is 1.24 bits per heavy atom. The van der Waals surface area contributed by atoms with Crippen LogP contribution in [0.2, 0.25) is 0 Å². The second-order valence-corrected chi connectivity index (χ2v) is 3.87. The summed E-state index contributed by atoms with van der Waals surface area (Å²) in [4.78, 5) is 34.1. The fourth-order valence-electron chi connectivity index (χ4n) is 1.57. The van der Waals surface area contributed by atoms with Gasteiger partial charge in [-0.1, -0.05) is 0 Å². The van der Waals surface area contributed by atoms with E-state index in [1.54, 1.807) is 6.92 Å². The number of ketones is 2. The molecule has 0 rings (SSSR count). The molecule has 94 valence electrons. The molecule has 0 spiro atoms. The average Bonchev–Trinajstić information content (AvgIpc) is 2.23. The minimum absolute atomic E-state index is 0.133. The molecular weight excluding hydrogens is 220 g/mol. The molecule has 0 aromatic carbocycles. The lowest BCUT2D eigenvalue weighted by Crippen LogP contribution is -2.27. The lowest BCUT2D eigenvalue weighted by Gasteiger charge is -2.17. The van der Waals surface area contributed by atoms with Gasteiger partial charge in [-0.05, 0) is 27.2 Å². The van der Waals surface area contributed by atoms with Crippen molar-refractivity contribution in [3.8, 4) is 12.3 Å². The first-order valence-electron chi connectivity index (χ1n) is 5.55. The van der Waals surface area contributed by atoms with Crippen molar-refractivity contribution in [2.24, 2.45) is 11.8 Å². The highest BCUT2D eigenvalue weighted by Gasteiger charge is 2.28. The van der Waals surface area contributed by atoms with Crippen LogP contribution in [0.25, 0.3) is 0 Å². The Hall–Kier alpha value is -1.63.